The number of hydrogen-bond acceptors (Lipinski definition) is 2. The first kappa shape index (κ1) is 10.4. The fourth-order valence-corrected chi connectivity index (χ4v) is 2.63. The van der Waals surface area contributed by atoms with Gasteiger partial charge >= 0.3 is 0 Å². The van der Waals surface area contributed by atoms with Gasteiger partial charge in [-0.2, -0.15) is 0 Å². The normalized spacial score (nSPS) is 31.3. The summed E-state index contributed by atoms with van der Waals surface area (Å²) in [4.78, 5) is 25.2. The first-order valence-electron chi connectivity index (χ1n) is 5.56. The predicted molar refractivity (Wildman–Crippen MR) is 57.0 cm³/mol. The van der Waals surface area contributed by atoms with Crippen molar-refractivity contribution in [2.75, 3.05) is 6.54 Å². The smallest absolute Gasteiger partial charge is 0.233 e. The maximum Gasteiger partial charge on any atom is 0.233 e. The van der Waals surface area contributed by atoms with E-state index in [4.69, 9.17) is 0 Å². The highest BCUT2D eigenvalue weighted by molar-refractivity contribution is 6.05. The lowest BCUT2D eigenvalue weighted by atomic mass is 9.78. The van der Waals surface area contributed by atoms with E-state index in [1.165, 1.54) is 16.0 Å². The molecular weight excluding hydrogens is 190 g/mol. The van der Waals surface area contributed by atoms with Crippen molar-refractivity contribution in [2.24, 2.45) is 11.8 Å². The van der Waals surface area contributed by atoms with Gasteiger partial charge in [-0.15, -0.1) is 0 Å². The summed E-state index contributed by atoms with van der Waals surface area (Å²) in [5.74, 6) is -0.0546. The van der Waals surface area contributed by atoms with Gasteiger partial charge in [0.25, 0.3) is 0 Å². The number of carbonyl (C=O) groups excluding carboxylic acids is 2. The van der Waals surface area contributed by atoms with Gasteiger partial charge < -0.3 is 0 Å². The third-order valence-electron chi connectivity index (χ3n) is 3.75. The van der Waals surface area contributed by atoms with Gasteiger partial charge in [-0.25, -0.2) is 0 Å². The molecule has 2 atom stereocenters. The van der Waals surface area contributed by atoms with Crippen LogP contribution in [0.5, 0.6) is 0 Å². The number of rotatable bonds is 1. The van der Waals surface area contributed by atoms with E-state index in [1.54, 1.807) is 0 Å². The molecule has 1 aliphatic heterocycles. The van der Waals surface area contributed by atoms with Crippen molar-refractivity contribution < 1.29 is 9.59 Å². The Bertz CT molecular complexity index is 325. The number of imide groups is 1. The molecule has 1 aliphatic carbocycles. The van der Waals surface area contributed by atoms with Crippen molar-refractivity contribution >= 4 is 11.8 Å². The summed E-state index contributed by atoms with van der Waals surface area (Å²) >= 11 is 0. The minimum Gasteiger partial charge on any atom is -0.282 e. The second-order valence-electron chi connectivity index (χ2n) is 4.60. The quantitative estimate of drug-likeness (QED) is 0.485. The second-order valence-corrected chi connectivity index (χ2v) is 4.60. The molecule has 0 aromatic carbocycles. The van der Waals surface area contributed by atoms with Crippen LogP contribution in [0.3, 0.4) is 0 Å². The Balaban J connectivity index is 2.30. The zero-order valence-electron chi connectivity index (χ0n) is 9.54. The highest BCUT2D eigenvalue weighted by Crippen LogP contribution is 2.40. The van der Waals surface area contributed by atoms with Gasteiger partial charge in [-0.3, -0.25) is 14.5 Å². The van der Waals surface area contributed by atoms with Crippen LogP contribution in [0.25, 0.3) is 0 Å². The Morgan fingerprint density at radius 2 is 1.47 bits per heavy atom. The van der Waals surface area contributed by atoms with E-state index in [0.29, 0.717) is 6.54 Å². The summed E-state index contributed by atoms with van der Waals surface area (Å²) in [5, 5.41) is 0. The maximum atomic E-state index is 11.9. The van der Waals surface area contributed by atoms with Gasteiger partial charge in [0.2, 0.25) is 11.8 Å². The van der Waals surface area contributed by atoms with Crippen LogP contribution in [-0.2, 0) is 9.59 Å². The average molecular weight is 207 g/mol. The van der Waals surface area contributed by atoms with Gasteiger partial charge in [0.05, 0.1) is 11.8 Å². The van der Waals surface area contributed by atoms with Crippen LogP contribution in [0.2, 0.25) is 0 Å². The molecule has 0 bridgehead atoms. The van der Waals surface area contributed by atoms with Crippen LogP contribution < -0.4 is 0 Å². The number of carbonyl (C=O) groups is 2. The monoisotopic (exact) mass is 207 g/mol. The van der Waals surface area contributed by atoms with E-state index in [1.807, 2.05) is 6.92 Å². The molecule has 1 heterocycles. The van der Waals surface area contributed by atoms with Gasteiger partial charge in [-0.1, -0.05) is 11.1 Å². The first-order valence-corrected chi connectivity index (χ1v) is 5.56. The predicted octanol–water partition coefficient (Wildman–Crippen LogP) is 1.74. The van der Waals surface area contributed by atoms with Crippen molar-refractivity contribution in [1.29, 1.82) is 0 Å². The highest BCUT2D eigenvalue weighted by Gasteiger charge is 2.48. The molecule has 0 spiro atoms. The molecule has 2 amide bonds. The fourth-order valence-electron chi connectivity index (χ4n) is 2.63. The molecule has 0 radical (unpaired) electrons. The summed E-state index contributed by atoms with van der Waals surface area (Å²) in [6, 6.07) is 0. The number of nitrogens with zero attached hydrogens (tertiary/aromatic N) is 1. The van der Waals surface area contributed by atoms with E-state index < -0.39 is 0 Å². The van der Waals surface area contributed by atoms with E-state index in [0.717, 1.165) is 12.8 Å². The van der Waals surface area contributed by atoms with Crippen molar-refractivity contribution in [3.8, 4) is 0 Å². The maximum absolute atomic E-state index is 11.9. The minimum atomic E-state index is -0.0684. The van der Waals surface area contributed by atoms with Crippen LogP contribution in [-0.4, -0.2) is 23.3 Å². The van der Waals surface area contributed by atoms with E-state index in [2.05, 4.69) is 13.8 Å². The molecule has 0 N–H and O–H groups in total. The molecule has 0 aromatic rings. The highest BCUT2D eigenvalue weighted by atomic mass is 16.2. The lowest BCUT2D eigenvalue weighted by Gasteiger charge is -2.23. The SMILES string of the molecule is CCN1C(=O)[C@H]2CC(C)=C(C)C[C@H]2C1=O. The average Bonchev–Trinajstić information content (AvgIpc) is 2.42. The van der Waals surface area contributed by atoms with Crippen LogP contribution in [0.4, 0.5) is 0 Å². The Morgan fingerprint density at radius 3 is 1.80 bits per heavy atom. The zero-order chi connectivity index (χ0) is 11.2. The van der Waals surface area contributed by atoms with Crippen molar-refractivity contribution in [1.82, 2.24) is 4.90 Å². The lowest BCUT2D eigenvalue weighted by Crippen LogP contribution is -2.30. The molecular formula is C12H17NO2. The van der Waals surface area contributed by atoms with Crippen LogP contribution in [0.1, 0.15) is 33.6 Å². The topological polar surface area (TPSA) is 37.4 Å². The molecule has 2 rings (SSSR count). The summed E-state index contributed by atoms with van der Waals surface area (Å²) in [5.41, 5.74) is 2.57. The standard InChI is InChI=1S/C12H17NO2/c1-4-13-11(14)9-5-7(2)8(3)6-10(9)12(13)15/h9-10H,4-6H2,1-3H3/t9-,10+. The number of hydrogen-bond donors (Lipinski definition) is 0. The first-order chi connectivity index (χ1) is 7.06. The van der Waals surface area contributed by atoms with Gasteiger partial charge in [0.1, 0.15) is 0 Å². The lowest BCUT2D eigenvalue weighted by molar-refractivity contribution is -0.139. The van der Waals surface area contributed by atoms with E-state index in [-0.39, 0.29) is 23.7 Å². The van der Waals surface area contributed by atoms with Crippen LogP contribution in [0.15, 0.2) is 11.1 Å². The summed E-state index contributed by atoms with van der Waals surface area (Å²) in [7, 11) is 0. The fraction of sp³-hybridized carbons (Fsp3) is 0.667. The molecule has 1 saturated heterocycles. The van der Waals surface area contributed by atoms with Crippen LogP contribution in [0, 0.1) is 11.8 Å². The minimum absolute atomic E-state index is 0.0411. The third-order valence-corrected chi connectivity index (χ3v) is 3.75. The molecule has 2 aliphatic rings. The molecule has 1 fully saturated rings. The Kier molecular flexibility index (Phi) is 2.41. The molecule has 82 valence electrons. The summed E-state index contributed by atoms with van der Waals surface area (Å²) < 4.78 is 0. The van der Waals surface area contributed by atoms with Gasteiger partial charge in [0, 0.05) is 6.54 Å². The van der Waals surface area contributed by atoms with E-state index >= 15 is 0 Å². The largest absolute Gasteiger partial charge is 0.282 e. The van der Waals surface area contributed by atoms with Crippen molar-refractivity contribution in [2.45, 2.75) is 33.6 Å². The second kappa shape index (κ2) is 3.47. The number of fused-ring (bicyclic) bond motifs is 1. The molecule has 0 aromatic heterocycles. The molecule has 3 nitrogen and oxygen atoms in total. The van der Waals surface area contributed by atoms with E-state index in [9.17, 15) is 9.59 Å². The molecule has 0 saturated carbocycles. The number of allylic oxidation sites excluding steroid dienone is 2. The van der Waals surface area contributed by atoms with Crippen molar-refractivity contribution in [3.63, 3.8) is 0 Å². The zero-order valence-corrected chi connectivity index (χ0v) is 9.54. The number of amides is 2. The summed E-state index contributed by atoms with van der Waals surface area (Å²) in [6.45, 7) is 6.51. The number of likely N-dealkylation sites (tertiary alicyclic amines) is 1. The molecule has 15 heavy (non-hydrogen) atoms. The Morgan fingerprint density at radius 1 is 1.07 bits per heavy atom. The van der Waals surface area contributed by atoms with Gasteiger partial charge in [0.15, 0.2) is 0 Å². The van der Waals surface area contributed by atoms with Gasteiger partial charge in [-0.05, 0) is 33.6 Å². The Labute approximate surface area is 90.1 Å². The molecule has 3 heteroatoms. The molecule has 0 unspecified atom stereocenters. The summed E-state index contributed by atoms with van der Waals surface area (Å²) in [6.07, 6.45) is 1.55. The Hall–Kier alpha value is -1.12. The third kappa shape index (κ3) is 1.41. The van der Waals surface area contributed by atoms with Crippen LogP contribution >= 0.6 is 0 Å². The van der Waals surface area contributed by atoms with Crippen molar-refractivity contribution in [3.05, 3.63) is 11.1 Å².